The number of halogens is 5. The summed E-state index contributed by atoms with van der Waals surface area (Å²) in [5.74, 6) is -0.873. The van der Waals surface area contributed by atoms with Gasteiger partial charge in [-0.05, 0) is 41.0 Å². The van der Waals surface area contributed by atoms with E-state index in [1.165, 1.54) is 12.1 Å². The summed E-state index contributed by atoms with van der Waals surface area (Å²) in [6, 6.07) is 16.4. The highest BCUT2D eigenvalue weighted by atomic mass is 19.4. The van der Waals surface area contributed by atoms with Crippen molar-refractivity contribution in [2.45, 2.75) is 30.7 Å². The summed E-state index contributed by atoms with van der Waals surface area (Å²) in [6.07, 6.45) is -6.22. The molecule has 9 heteroatoms. The van der Waals surface area contributed by atoms with E-state index < -0.39 is 42.8 Å². The van der Waals surface area contributed by atoms with Crippen LogP contribution in [0.1, 0.15) is 23.2 Å². The first-order valence-electron chi connectivity index (χ1n) is 10.1. The lowest BCUT2D eigenvalue weighted by Gasteiger charge is -2.36. The van der Waals surface area contributed by atoms with Gasteiger partial charge in [0.1, 0.15) is 18.0 Å². The molecule has 2 N–H and O–H groups in total. The van der Waals surface area contributed by atoms with Gasteiger partial charge in [0.15, 0.2) is 6.10 Å². The van der Waals surface area contributed by atoms with Crippen LogP contribution in [0.3, 0.4) is 0 Å². The fourth-order valence-corrected chi connectivity index (χ4v) is 3.92. The van der Waals surface area contributed by atoms with Crippen LogP contribution in [0.15, 0.2) is 71.9 Å². The van der Waals surface area contributed by atoms with Gasteiger partial charge in [0.25, 0.3) is 6.02 Å². The fraction of sp³-hybridized carbons (Fsp3) is 0.250. The minimum Gasteiger partial charge on any atom is -0.452 e. The van der Waals surface area contributed by atoms with Crippen LogP contribution in [-0.4, -0.2) is 30.0 Å². The summed E-state index contributed by atoms with van der Waals surface area (Å²) in [6.45, 7) is -1.37. The number of benzene rings is 2. The van der Waals surface area contributed by atoms with Gasteiger partial charge < -0.3 is 10.5 Å². The summed E-state index contributed by atoms with van der Waals surface area (Å²) >= 11 is 0. The summed E-state index contributed by atoms with van der Waals surface area (Å²) in [5, 5.41) is 0. The number of hydrogen-bond donors (Lipinski definition) is 1. The normalized spacial score (nSPS) is 20.8. The number of nitrogens with zero attached hydrogens (tertiary/aromatic N) is 2. The average Bonchev–Trinajstić information content (AvgIpc) is 2.80. The van der Waals surface area contributed by atoms with Crippen LogP contribution in [0.4, 0.5) is 22.0 Å². The molecule has 1 aliphatic rings. The first kappa shape index (κ1) is 22.7. The van der Waals surface area contributed by atoms with Gasteiger partial charge in [-0.25, -0.2) is 13.8 Å². The van der Waals surface area contributed by atoms with Gasteiger partial charge in [-0.1, -0.05) is 36.4 Å². The van der Waals surface area contributed by atoms with E-state index in [1.54, 1.807) is 6.20 Å². The van der Waals surface area contributed by atoms with Crippen molar-refractivity contribution >= 4 is 6.02 Å². The van der Waals surface area contributed by atoms with E-state index in [-0.39, 0.29) is 12.0 Å². The molecule has 0 saturated heterocycles. The molecular weight excluding hydrogens is 441 g/mol. The van der Waals surface area contributed by atoms with E-state index in [0.29, 0.717) is 11.3 Å². The lowest BCUT2D eigenvalue weighted by Crippen LogP contribution is -2.48. The average molecular weight is 461 g/mol. The SMILES string of the molecule is NC1=N[C@](CF)(c2cc(Cc3cc(-c4ccccc4)ccn3)ccc2F)C[C@@H](C(F)(F)F)O1. The third-order valence-electron chi connectivity index (χ3n) is 5.54. The van der Waals surface area contributed by atoms with E-state index in [1.807, 2.05) is 42.5 Å². The molecular formula is C24H20F5N3O. The van der Waals surface area contributed by atoms with Crippen LogP contribution in [0.25, 0.3) is 11.1 Å². The molecule has 0 bridgehead atoms. The van der Waals surface area contributed by atoms with Crippen LogP contribution in [-0.2, 0) is 16.7 Å². The van der Waals surface area contributed by atoms with Crippen molar-refractivity contribution in [1.29, 1.82) is 0 Å². The molecule has 4 rings (SSSR count). The van der Waals surface area contributed by atoms with Crippen LogP contribution < -0.4 is 5.73 Å². The Morgan fingerprint density at radius 2 is 1.79 bits per heavy atom. The van der Waals surface area contributed by atoms with Crippen LogP contribution in [0, 0.1) is 5.82 Å². The zero-order valence-corrected chi connectivity index (χ0v) is 17.3. The van der Waals surface area contributed by atoms with Crippen molar-refractivity contribution < 1.29 is 26.7 Å². The molecule has 0 unspecified atom stereocenters. The maximum Gasteiger partial charge on any atom is 0.425 e. The van der Waals surface area contributed by atoms with E-state index in [0.717, 1.165) is 17.2 Å². The number of ether oxygens (including phenoxy) is 1. The summed E-state index contributed by atoms with van der Waals surface area (Å²) < 4.78 is 73.4. The van der Waals surface area contributed by atoms with Gasteiger partial charge in [0.2, 0.25) is 0 Å². The van der Waals surface area contributed by atoms with E-state index >= 15 is 0 Å². The molecule has 0 aliphatic carbocycles. The van der Waals surface area contributed by atoms with Crippen molar-refractivity contribution in [1.82, 2.24) is 4.98 Å². The lowest BCUT2D eigenvalue weighted by molar-refractivity contribution is -0.209. The monoisotopic (exact) mass is 461 g/mol. The Hall–Kier alpha value is -3.49. The Morgan fingerprint density at radius 1 is 1.03 bits per heavy atom. The maximum atomic E-state index is 14.7. The van der Waals surface area contributed by atoms with E-state index in [2.05, 4.69) is 14.7 Å². The van der Waals surface area contributed by atoms with Crippen molar-refractivity contribution in [3.05, 3.63) is 89.5 Å². The second-order valence-electron chi connectivity index (χ2n) is 7.86. The third-order valence-corrected chi connectivity index (χ3v) is 5.54. The first-order chi connectivity index (χ1) is 15.7. The highest BCUT2D eigenvalue weighted by Gasteiger charge is 2.52. The quantitative estimate of drug-likeness (QED) is 0.524. The summed E-state index contributed by atoms with van der Waals surface area (Å²) in [5.41, 5.74) is 6.10. The number of nitrogens with two attached hydrogens (primary N) is 1. The number of alkyl halides is 4. The largest absolute Gasteiger partial charge is 0.452 e. The zero-order chi connectivity index (χ0) is 23.6. The molecule has 0 radical (unpaired) electrons. The Morgan fingerprint density at radius 3 is 2.48 bits per heavy atom. The second kappa shape index (κ2) is 8.80. The lowest BCUT2D eigenvalue weighted by atomic mass is 9.83. The maximum absolute atomic E-state index is 14.7. The molecule has 2 atom stereocenters. The number of aromatic nitrogens is 1. The van der Waals surface area contributed by atoms with Gasteiger partial charge in [0.05, 0.1) is 0 Å². The van der Waals surface area contributed by atoms with Crippen molar-refractivity contribution in [2.75, 3.05) is 6.67 Å². The van der Waals surface area contributed by atoms with Crippen LogP contribution in [0.5, 0.6) is 0 Å². The van der Waals surface area contributed by atoms with Gasteiger partial charge in [-0.15, -0.1) is 0 Å². The molecule has 172 valence electrons. The van der Waals surface area contributed by atoms with Crippen molar-refractivity contribution in [3.8, 4) is 11.1 Å². The smallest absolute Gasteiger partial charge is 0.425 e. The predicted molar refractivity (Wildman–Crippen MR) is 114 cm³/mol. The minimum atomic E-state index is -4.81. The molecule has 1 aromatic heterocycles. The summed E-state index contributed by atoms with van der Waals surface area (Å²) in [7, 11) is 0. The zero-order valence-electron chi connectivity index (χ0n) is 17.3. The summed E-state index contributed by atoms with van der Waals surface area (Å²) in [4.78, 5) is 8.11. The number of amidine groups is 1. The minimum absolute atomic E-state index is 0.259. The Kier molecular flexibility index (Phi) is 6.05. The molecule has 2 aromatic carbocycles. The first-order valence-corrected chi connectivity index (χ1v) is 10.1. The van der Waals surface area contributed by atoms with Crippen molar-refractivity contribution in [3.63, 3.8) is 0 Å². The molecule has 4 nitrogen and oxygen atoms in total. The number of hydrogen-bond acceptors (Lipinski definition) is 4. The van der Waals surface area contributed by atoms with Gasteiger partial charge in [-0.2, -0.15) is 13.2 Å². The molecule has 0 spiro atoms. The fourth-order valence-electron chi connectivity index (χ4n) is 3.92. The van der Waals surface area contributed by atoms with Gasteiger partial charge in [-0.3, -0.25) is 4.98 Å². The van der Waals surface area contributed by atoms with Crippen LogP contribution in [0.2, 0.25) is 0 Å². The topological polar surface area (TPSA) is 60.5 Å². The number of rotatable bonds is 5. The number of pyridine rings is 1. The molecule has 0 fully saturated rings. The molecule has 0 saturated carbocycles. The molecule has 2 heterocycles. The van der Waals surface area contributed by atoms with E-state index in [9.17, 15) is 22.0 Å². The number of aliphatic imine (C=N–C) groups is 1. The molecule has 0 amide bonds. The van der Waals surface area contributed by atoms with Gasteiger partial charge >= 0.3 is 6.18 Å². The highest BCUT2D eigenvalue weighted by Crippen LogP contribution is 2.41. The van der Waals surface area contributed by atoms with Gasteiger partial charge in [0, 0.05) is 30.3 Å². The van der Waals surface area contributed by atoms with E-state index in [4.69, 9.17) is 5.73 Å². The third kappa shape index (κ3) is 4.81. The Labute approximate surface area is 186 Å². The molecule has 33 heavy (non-hydrogen) atoms. The Bertz CT molecular complexity index is 1170. The molecule has 3 aromatic rings. The standard InChI is InChI=1S/C24H20F5N3O/c25-14-23(13-21(24(27,28)29)33-22(30)32-23)19-11-15(6-7-20(19)26)10-18-12-17(8-9-31-18)16-4-2-1-3-5-16/h1-9,11-12,21H,10,13-14H2,(H2,30,32)/t21-,23+/m0/s1. The van der Waals surface area contributed by atoms with Crippen LogP contribution >= 0.6 is 0 Å². The van der Waals surface area contributed by atoms with Crippen molar-refractivity contribution in [2.24, 2.45) is 10.7 Å². The Balaban J connectivity index is 1.68. The molecule has 1 aliphatic heterocycles. The second-order valence-corrected chi connectivity index (χ2v) is 7.86. The highest BCUT2D eigenvalue weighted by molar-refractivity contribution is 5.73. The predicted octanol–water partition coefficient (Wildman–Crippen LogP) is 5.31.